The van der Waals surface area contributed by atoms with E-state index in [1.807, 2.05) is 91.0 Å². The van der Waals surface area contributed by atoms with Gasteiger partial charge in [0.25, 0.3) is 0 Å². The van der Waals surface area contributed by atoms with Crippen LogP contribution in [0.2, 0.25) is 0 Å². The second-order valence-corrected chi connectivity index (χ2v) is 16.1. The maximum atomic E-state index is 14.5. The van der Waals surface area contributed by atoms with Gasteiger partial charge < -0.3 is 0 Å². The van der Waals surface area contributed by atoms with E-state index in [1.165, 1.54) is 0 Å². The first-order valence-corrected chi connectivity index (χ1v) is 13.7. The number of carbonyl (C=O) groups is 1. The SMILES string of the molecule is O=C(O)CC(F)(F)CCP(Br)(c1ccccc1)(c1ccccc1)c1ccccc1. The summed E-state index contributed by atoms with van der Waals surface area (Å²) in [6.07, 6.45) is -1.62. The summed E-state index contributed by atoms with van der Waals surface area (Å²) in [6.45, 7) is 0. The van der Waals surface area contributed by atoms with Crippen molar-refractivity contribution in [1.29, 1.82) is 0 Å². The third kappa shape index (κ3) is 4.26. The zero-order valence-electron chi connectivity index (χ0n) is 15.7. The van der Waals surface area contributed by atoms with Crippen LogP contribution in [-0.2, 0) is 4.79 Å². The molecule has 0 spiro atoms. The van der Waals surface area contributed by atoms with Gasteiger partial charge in [-0.15, -0.1) is 0 Å². The Morgan fingerprint density at radius 1 is 0.793 bits per heavy atom. The van der Waals surface area contributed by atoms with Crippen LogP contribution in [0.25, 0.3) is 0 Å². The number of aliphatic carboxylic acids is 1. The molecule has 29 heavy (non-hydrogen) atoms. The van der Waals surface area contributed by atoms with Crippen LogP contribution in [-0.4, -0.2) is 23.2 Å². The van der Waals surface area contributed by atoms with Gasteiger partial charge in [0, 0.05) is 0 Å². The van der Waals surface area contributed by atoms with Gasteiger partial charge in [0.2, 0.25) is 0 Å². The molecule has 3 rings (SSSR count). The summed E-state index contributed by atoms with van der Waals surface area (Å²) in [6, 6.07) is 28.9. The molecule has 0 saturated heterocycles. The average Bonchev–Trinajstić information content (AvgIpc) is 2.73. The number of hydrogen-bond acceptors (Lipinski definition) is 1. The summed E-state index contributed by atoms with van der Waals surface area (Å²) in [4.78, 5) is 10.9. The van der Waals surface area contributed by atoms with Gasteiger partial charge in [-0.3, -0.25) is 0 Å². The summed E-state index contributed by atoms with van der Waals surface area (Å²) in [5.74, 6) is -4.80. The molecule has 0 fully saturated rings. The average molecular weight is 479 g/mol. The second-order valence-electron chi connectivity index (χ2n) is 7.09. The number of halogens is 3. The van der Waals surface area contributed by atoms with Crippen LogP contribution in [0.3, 0.4) is 0 Å². The van der Waals surface area contributed by atoms with Crippen LogP contribution in [0.4, 0.5) is 8.78 Å². The summed E-state index contributed by atoms with van der Waals surface area (Å²) in [5, 5.41) is 8.25. The molecule has 0 aliphatic heterocycles. The maximum absolute atomic E-state index is 14.5. The van der Waals surface area contributed by atoms with Crippen molar-refractivity contribution in [2.24, 2.45) is 0 Å². The molecule has 0 aliphatic rings. The van der Waals surface area contributed by atoms with E-state index in [9.17, 15) is 13.6 Å². The topological polar surface area (TPSA) is 37.3 Å². The van der Waals surface area contributed by atoms with Crippen molar-refractivity contribution in [2.75, 3.05) is 6.16 Å². The zero-order valence-corrected chi connectivity index (χ0v) is 18.2. The third-order valence-corrected chi connectivity index (χ3v) is 15.1. The molecule has 0 bridgehead atoms. The monoisotopic (exact) mass is 478 g/mol. The molecular weight excluding hydrogens is 457 g/mol. The molecule has 2 nitrogen and oxygen atoms in total. The molecular formula is C23H22BrF2O2P. The van der Waals surface area contributed by atoms with Crippen LogP contribution in [0.15, 0.2) is 91.0 Å². The van der Waals surface area contributed by atoms with Crippen LogP contribution >= 0.6 is 20.8 Å². The van der Waals surface area contributed by atoms with Crippen molar-refractivity contribution >= 4 is 42.7 Å². The van der Waals surface area contributed by atoms with Crippen molar-refractivity contribution < 1.29 is 18.7 Å². The Morgan fingerprint density at radius 2 is 1.14 bits per heavy atom. The standard InChI is InChI=1S/C23H22BrF2O2P/c24-29(19-10-4-1-5-11-19,20-12-6-2-7-13-20,21-14-8-3-9-15-21)17-16-23(25,26)18-22(27)28/h1-15H,16-18H2,(H,27,28). The van der Waals surface area contributed by atoms with E-state index in [1.54, 1.807) is 0 Å². The minimum absolute atomic E-state index is 0.101. The number of hydrogen-bond donors (Lipinski definition) is 1. The first-order chi connectivity index (χ1) is 13.8. The van der Waals surface area contributed by atoms with Crippen molar-refractivity contribution in [1.82, 2.24) is 0 Å². The van der Waals surface area contributed by atoms with E-state index < -0.39 is 30.0 Å². The number of alkyl halides is 2. The molecule has 152 valence electrons. The van der Waals surface area contributed by atoms with Gasteiger partial charge in [-0.25, -0.2) is 0 Å². The Hall–Kier alpha value is -2.10. The van der Waals surface area contributed by atoms with Gasteiger partial charge in [-0.1, -0.05) is 0 Å². The van der Waals surface area contributed by atoms with E-state index in [0.29, 0.717) is 0 Å². The quantitative estimate of drug-likeness (QED) is 0.444. The van der Waals surface area contributed by atoms with Crippen LogP contribution < -0.4 is 15.9 Å². The Bertz CT molecular complexity index is 867. The van der Waals surface area contributed by atoms with E-state index in [2.05, 4.69) is 15.5 Å². The third-order valence-electron chi connectivity index (χ3n) is 5.19. The van der Waals surface area contributed by atoms with E-state index >= 15 is 0 Å². The van der Waals surface area contributed by atoms with Crippen molar-refractivity contribution in [3.8, 4) is 0 Å². The van der Waals surface area contributed by atoms with Gasteiger partial charge >= 0.3 is 177 Å². The molecule has 0 heterocycles. The molecule has 0 unspecified atom stereocenters. The fourth-order valence-corrected chi connectivity index (χ4v) is 11.2. The van der Waals surface area contributed by atoms with Gasteiger partial charge in [-0.05, 0) is 0 Å². The first-order valence-electron chi connectivity index (χ1n) is 9.25. The molecule has 0 saturated carbocycles. The summed E-state index contributed by atoms with van der Waals surface area (Å²) < 4.78 is 29.1. The molecule has 3 aromatic rings. The Balaban J connectivity index is 2.26. The second kappa shape index (κ2) is 8.33. The molecule has 6 heteroatoms. The minimum atomic E-state index is -3.46. The molecule has 0 radical (unpaired) electrons. The van der Waals surface area contributed by atoms with Crippen LogP contribution in [0.5, 0.6) is 0 Å². The molecule has 0 amide bonds. The van der Waals surface area contributed by atoms with Gasteiger partial charge in [0.15, 0.2) is 0 Å². The molecule has 3 aromatic carbocycles. The summed E-state index contributed by atoms with van der Waals surface area (Å²) in [7, 11) is 0. The van der Waals surface area contributed by atoms with Crippen LogP contribution in [0, 0.1) is 0 Å². The summed E-state index contributed by atoms with van der Waals surface area (Å²) in [5.41, 5.74) is 0. The van der Waals surface area contributed by atoms with Crippen molar-refractivity contribution in [3.05, 3.63) is 91.0 Å². The van der Waals surface area contributed by atoms with E-state index in [-0.39, 0.29) is 6.16 Å². The Kier molecular flexibility index (Phi) is 6.21. The predicted octanol–water partition coefficient (Wildman–Crippen LogP) is 5.33. The van der Waals surface area contributed by atoms with Crippen molar-refractivity contribution in [3.63, 3.8) is 0 Å². The van der Waals surface area contributed by atoms with Gasteiger partial charge in [0.05, 0.1) is 0 Å². The molecule has 0 aromatic heterocycles. The number of carboxylic acids is 1. The fraction of sp³-hybridized carbons (Fsp3) is 0.174. The first kappa shape index (κ1) is 21.6. The Labute approximate surface area is 177 Å². The summed E-state index contributed by atoms with van der Waals surface area (Å²) >= 11 is 4.09. The number of carboxylic acid groups (broad SMARTS) is 1. The van der Waals surface area contributed by atoms with Crippen LogP contribution in [0.1, 0.15) is 12.8 Å². The molecule has 0 atom stereocenters. The normalized spacial score (nSPS) is 13.4. The molecule has 1 N–H and O–H groups in total. The Morgan fingerprint density at radius 3 is 1.45 bits per heavy atom. The molecule has 0 aliphatic carbocycles. The van der Waals surface area contributed by atoms with Gasteiger partial charge in [-0.2, -0.15) is 0 Å². The number of benzene rings is 3. The van der Waals surface area contributed by atoms with Gasteiger partial charge in [0.1, 0.15) is 0 Å². The van der Waals surface area contributed by atoms with E-state index in [4.69, 9.17) is 5.11 Å². The van der Waals surface area contributed by atoms with E-state index in [0.717, 1.165) is 15.9 Å². The van der Waals surface area contributed by atoms with Crippen molar-refractivity contribution in [2.45, 2.75) is 18.8 Å². The predicted molar refractivity (Wildman–Crippen MR) is 121 cm³/mol. The zero-order chi connectivity index (χ0) is 21.0. The number of rotatable bonds is 8. The fourth-order valence-electron chi connectivity index (χ4n) is 3.73.